The molecule has 0 amide bonds. The molecule has 0 heterocycles. The summed E-state index contributed by atoms with van der Waals surface area (Å²) in [6.07, 6.45) is 0.281. The maximum Gasteiger partial charge on any atom is 0.333 e. The van der Waals surface area contributed by atoms with Crippen molar-refractivity contribution in [3.8, 4) is 0 Å². The second-order valence-corrected chi connectivity index (χ2v) is 4.45. The lowest BCUT2D eigenvalue weighted by Gasteiger charge is -2.11. The molecule has 0 rings (SSSR count). The van der Waals surface area contributed by atoms with Gasteiger partial charge >= 0.3 is 11.9 Å². The van der Waals surface area contributed by atoms with Crippen molar-refractivity contribution in [2.75, 3.05) is 26.9 Å². The molecule has 6 heteroatoms. The van der Waals surface area contributed by atoms with Crippen LogP contribution in [0.3, 0.4) is 0 Å². The highest BCUT2D eigenvalue weighted by Gasteiger charge is 2.08. The number of hydrogen-bond acceptors (Lipinski definition) is 6. The van der Waals surface area contributed by atoms with E-state index < -0.39 is 5.97 Å². The molecule has 0 fully saturated rings. The van der Waals surface area contributed by atoms with Crippen molar-refractivity contribution < 1.29 is 28.9 Å². The highest BCUT2D eigenvalue weighted by molar-refractivity contribution is 5.87. The van der Waals surface area contributed by atoms with Crippen molar-refractivity contribution in [2.24, 2.45) is 0 Å². The van der Waals surface area contributed by atoms with Gasteiger partial charge in [0.15, 0.2) is 0 Å². The third-order valence-electron chi connectivity index (χ3n) is 1.94. The van der Waals surface area contributed by atoms with Gasteiger partial charge in [0, 0.05) is 31.3 Å². The number of methoxy groups -OCH3 is 1. The monoisotopic (exact) mass is 302 g/mol. The average molecular weight is 302 g/mol. The van der Waals surface area contributed by atoms with E-state index in [1.54, 1.807) is 27.9 Å². The highest BCUT2D eigenvalue weighted by Crippen LogP contribution is 1.97. The molecule has 0 saturated heterocycles. The summed E-state index contributed by atoms with van der Waals surface area (Å²) in [5, 5.41) is 8.30. The smallest absolute Gasteiger partial charge is 0.333 e. The molecule has 6 nitrogen and oxygen atoms in total. The quantitative estimate of drug-likeness (QED) is 0.417. The molecule has 0 spiro atoms. The zero-order chi connectivity index (χ0) is 16.8. The van der Waals surface area contributed by atoms with E-state index in [-0.39, 0.29) is 25.3 Å². The second-order valence-electron chi connectivity index (χ2n) is 4.45. The molecule has 0 aliphatic rings. The van der Waals surface area contributed by atoms with Crippen LogP contribution in [-0.2, 0) is 23.8 Å². The number of aliphatic hydroxyl groups excluding tert-OH is 1. The molecule has 0 aliphatic carbocycles. The Morgan fingerprint density at radius 3 is 2.05 bits per heavy atom. The standard InChI is InChI=1S/C8H14O3.C7H12O3/c1-6(2)8(9)11-7(3)5-10-4;1-6(2)7(9)10-5-3-4-8/h7H,1,5H2,2-4H3;8H,1,3-5H2,2H3. The lowest BCUT2D eigenvalue weighted by Crippen LogP contribution is -2.19. The van der Waals surface area contributed by atoms with Crippen LogP contribution < -0.4 is 0 Å². The van der Waals surface area contributed by atoms with E-state index in [9.17, 15) is 9.59 Å². The van der Waals surface area contributed by atoms with Gasteiger partial charge < -0.3 is 19.3 Å². The third-order valence-corrected chi connectivity index (χ3v) is 1.94. The number of aliphatic hydroxyl groups is 1. The number of rotatable bonds is 8. The molecular weight excluding hydrogens is 276 g/mol. The van der Waals surface area contributed by atoms with Gasteiger partial charge in [-0.15, -0.1) is 0 Å². The molecule has 0 aliphatic heterocycles. The van der Waals surface area contributed by atoms with Gasteiger partial charge in [0.1, 0.15) is 6.10 Å². The summed E-state index contributed by atoms with van der Waals surface area (Å²) in [5.41, 5.74) is 0.797. The fourth-order valence-corrected chi connectivity index (χ4v) is 0.905. The Balaban J connectivity index is 0. The molecule has 0 aromatic rings. The minimum absolute atomic E-state index is 0.0451. The second kappa shape index (κ2) is 13.3. The number of esters is 2. The SMILES string of the molecule is C=C(C)C(=O)OC(C)COC.C=C(C)C(=O)OCCCO. The predicted octanol–water partition coefficient (Wildman–Crippen LogP) is 1.63. The van der Waals surface area contributed by atoms with Crippen molar-refractivity contribution in [3.63, 3.8) is 0 Å². The molecular formula is C15H26O6. The van der Waals surface area contributed by atoms with Crippen LogP contribution in [0.4, 0.5) is 0 Å². The van der Waals surface area contributed by atoms with E-state index in [2.05, 4.69) is 17.9 Å². The van der Waals surface area contributed by atoms with Crippen LogP contribution >= 0.6 is 0 Å². The van der Waals surface area contributed by atoms with Crippen molar-refractivity contribution in [2.45, 2.75) is 33.3 Å². The molecule has 1 atom stereocenters. The molecule has 0 radical (unpaired) electrons. The number of carbonyl (C=O) groups is 2. The van der Waals surface area contributed by atoms with E-state index in [4.69, 9.17) is 14.6 Å². The lowest BCUT2D eigenvalue weighted by molar-refractivity contribution is -0.145. The van der Waals surface area contributed by atoms with Crippen molar-refractivity contribution >= 4 is 11.9 Å². The first-order valence-electron chi connectivity index (χ1n) is 6.55. The largest absolute Gasteiger partial charge is 0.462 e. The molecule has 0 saturated carbocycles. The van der Waals surface area contributed by atoms with Gasteiger partial charge in [-0.2, -0.15) is 0 Å². The minimum atomic E-state index is -0.395. The Bertz CT molecular complexity index is 348. The molecule has 122 valence electrons. The predicted molar refractivity (Wildman–Crippen MR) is 79.7 cm³/mol. The van der Waals surface area contributed by atoms with Crippen LogP contribution in [0.25, 0.3) is 0 Å². The first kappa shape index (κ1) is 21.6. The number of hydrogen-bond donors (Lipinski definition) is 1. The Hall–Kier alpha value is -1.66. The van der Waals surface area contributed by atoms with E-state index in [1.807, 2.05) is 0 Å². The minimum Gasteiger partial charge on any atom is -0.462 e. The first-order chi connectivity index (χ1) is 9.76. The third kappa shape index (κ3) is 14.6. The molecule has 0 bridgehead atoms. The van der Waals surface area contributed by atoms with E-state index >= 15 is 0 Å². The summed E-state index contributed by atoms with van der Waals surface area (Å²) >= 11 is 0. The van der Waals surface area contributed by atoms with Crippen LogP contribution in [0.15, 0.2) is 24.3 Å². The fourth-order valence-electron chi connectivity index (χ4n) is 0.905. The summed E-state index contributed by atoms with van der Waals surface area (Å²) in [5.74, 6) is -0.761. The average Bonchev–Trinajstić information content (AvgIpc) is 2.39. The fraction of sp³-hybridized carbons (Fsp3) is 0.600. The van der Waals surface area contributed by atoms with Crippen LogP contribution in [0.2, 0.25) is 0 Å². The Morgan fingerprint density at radius 2 is 1.67 bits per heavy atom. The molecule has 1 N–H and O–H groups in total. The van der Waals surface area contributed by atoms with Crippen molar-refractivity contribution in [1.29, 1.82) is 0 Å². The Morgan fingerprint density at radius 1 is 1.14 bits per heavy atom. The number of carbonyl (C=O) groups excluding carboxylic acids is 2. The number of ether oxygens (including phenoxy) is 3. The van der Waals surface area contributed by atoms with E-state index in [1.165, 1.54) is 0 Å². The van der Waals surface area contributed by atoms with Gasteiger partial charge in [-0.1, -0.05) is 13.2 Å². The summed E-state index contributed by atoms with van der Waals surface area (Å²) in [6, 6.07) is 0. The summed E-state index contributed by atoms with van der Waals surface area (Å²) in [4.78, 5) is 21.5. The van der Waals surface area contributed by atoms with Crippen molar-refractivity contribution in [1.82, 2.24) is 0 Å². The molecule has 0 aromatic heterocycles. The van der Waals surface area contributed by atoms with Gasteiger partial charge in [0.2, 0.25) is 0 Å². The van der Waals surface area contributed by atoms with Gasteiger partial charge in [-0.3, -0.25) is 0 Å². The molecule has 0 aromatic carbocycles. The highest BCUT2D eigenvalue weighted by atomic mass is 16.6. The Kier molecular flexibility index (Phi) is 13.7. The van der Waals surface area contributed by atoms with Gasteiger partial charge in [-0.25, -0.2) is 9.59 Å². The summed E-state index contributed by atoms with van der Waals surface area (Å²) < 4.78 is 14.3. The molecule has 21 heavy (non-hydrogen) atoms. The van der Waals surface area contributed by atoms with Crippen LogP contribution in [0, 0.1) is 0 Å². The zero-order valence-electron chi connectivity index (χ0n) is 13.3. The van der Waals surface area contributed by atoms with Crippen LogP contribution in [-0.4, -0.2) is 50.1 Å². The van der Waals surface area contributed by atoms with E-state index in [0.717, 1.165) is 0 Å². The summed E-state index contributed by atoms with van der Waals surface area (Å²) in [6.45, 7) is 12.5. The van der Waals surface area contributed by atoms with Gasteiger partial charge in [-0.05, 0) is 20.8 Å². The molecule has 1 unspecified atom stereocenters. The van der Waals surface area contributed by atoms with Crippen molar-refractivity contribution in [3.05, 3.63) is 24.3 Å². The lowest BCUT2D eigenvalue weighted by atomic mass is 10.3. The van der Waals surface area contributed by atoms with E-state index in [0.29, 0.717) is 24.2 Å². The van der Waals surface area contributed by atoms with Gasteiger partial charge in [0.05, 0.1) is 13.2 Å². The van der Waals surface area contributed by atoms with Crippen LogP contribution in [0.5, 0.6) is 0 Å². The maximum atomic E-state index is 10.9. The zero-order valence-corrected chi connectivity index (χ0v) is 13.3. The summed E-state index contributed by atoms with van der Waals surface area (Å²) in [7, 11) is 1.56. The van der Waals surface area contributed by atoms with Crippen LogP contribution in [0.1, 0.15) is 27.2 Å². The topological polar surface area (TPSA) is 82.1 Å². The van der Waals surface area contributed by atoms with Gasteiger partial charge in [0.25, 0.3) is 0 Å². The maximum absolute atomic E-state index is 10.9. The Labute approximate surface area is 126 Å². The first-order valence-corrected chi connectivity index (χ1v) is 6.55. The normalized spacial score (nSPS) is 10.7.